The Hall–Kier alpha value is -2.86. The summed E-state index contributed by atoms with van der Waals surface area (Å²) in [6.07, 6.45) is 3.75. The molecule has 0 saturated carbocycles. The van der Waals surface area contributed by atoms with E-state index in [0.29, 0.717) is 16.7 Å². The van der Waals surface area contributed by atoms with Crippen molar-refractivity contribution < 1.29 is 0 Å². The first-order valence-electron chi connectivity index (χ1n) is 8.79. The first kappa shape index (κ1) is 17.5. The number of nitrogens with zero attached hydrogens (tertiary/aromatic N) is 3. The molecule has 5 nitrogen and oxygen atoms in total. The number of hydrogen-bond acceptors (Lipinski definition) is 4. The van der Waals surface area contributed by atoms with Crippen LogP contribution in [0.15, 0.2) is 64.8 Å². The minimum Gasteiger partial charge on any atom is -0.309 e. The topological polar surface area (TPSA) is 63.6 Å². The summed E-state index contributed by atoms with van der Waals surface area (Å²) in [5, 5.41) is 1.42. The predicted molar refractivity (Wildman–Crippen MR) is 110 cm³/mol. The highest BCUT2D eigenvalue weighted by atomic mass is 32.2. The largest absolute Gasteiger partial charge is 0.309 e. The fourth-order valence-corrected chi connectivity index (χ4v) is 4.12. The average Bonchev–Trinajstić information content (AvgIpc) is 3.09. The third kappa shape index (κ3) is 3.53. The maximum absolute atomic E-state index is 12.3. The molecule has 0 unspecified atom stereocenters. The maximum Gasteiger partial charge on any atom is 0.258 e. The van der Waals surface area contributed by atoms with Gasteiger partial charge >= 0.3 is 0 Å². The van der Waals surface area contributed by atoms with E-state index in [1.54, 1.807) is 24.0 Å². The fourth-order valence-electron chi connectivity index (χ4n) is 3.17. The molecule has 0 saturated heterocycles. The van der Waals surface area contributed by atoms with Gasteiger partial charge in [-0.15, -0.1) is 0 Å². The third-order valence-corrected chi connectivity index (χ3v) is 5.48. The molecule has 27 heavy (non-hydrogen) atoms. The van der Waals surface area contributed by atoms with Crippen LogP contribution in [0.1, 0.15) is 29.1 Å². The number of benzene rings is 2. The lowest BCUT2D eigenvalue weighted by Crippen LogP contribution is -2.13. The third-order valence-electron chi connectivity index (χ3n) is 4.39. The van der Waals surface area contributed by atoms with E-state index in [1.165, 1.54) is 11.1 Å². The van der Waals surface area contributed by atoms with Crippen molar-refractivity contribution >= 4 is 22.7 Å². The monoisotopic (exact) mass is 376 g/mol. The van der Waals surface area contributed by atoms with Gasteiger partial charge in [-0.25, -0.2) is 9.97 Å². The summed E-state index contributed by atoms with van der Waals surface area (Å²) in [4.78, 5) is 24.4. The molecule has 0 aliphatic rings. The van der Waals surface area contributed by atoms with Gasteiger partial charge in [-0.2, -0.15) is 0 Å². The van der Waals surface area contributed by atoms with Crippen molar-refractivity contribution in [1.82, 2.24) is 19.5 Å². The molecule has 1 N–H and O–H groups in total. The summed E-state index contributed by atoms with van der Waals surface area (Å²) in [6, 6.07) is 13.8. The number of para-hydroxylation sites is 1. The highest BCUT2D eigenvalue weighted by Crippen LogP contribution is 2.33. The van der Waals surface area contributed by atoms with Crippen LogP contribution in [0.3, 0.4) is 0 Å². The number of nitrogens with one attached hydrogen (secondary N) is 1. The zero-order valence-electron chi connectivity index (χ0n) is 15.4. The number of aryl methyl sites for hydroxylation is 2. The minimum absolute atomic E-state index is 0.0469. The molecule has 1 atom stereocenters. The molecular weight excluding hydrogens is 356 g/mol. The van der Waals surface area contributed by atoms with Gasteiger partial charge in [0, 0.05) is 18.1 Å². The quantitative estimate of drug-likeness (QED) is 0.530. The molecule has 0 fully saturated rings. The Bertz CT molecular complexity index is 1160. The van der Waals surface area contributed by atoms with Crippen LogP contribution in [0, 0.1) is 13.8 Å². The highest BCUT2D eigenvalue weighted by molar-refractivity contribution is 7.99. The number of thioether (sulfide) groups is 1. The van der Waals surface area contributed by atoms with Gasteiger partial charge in [0.25, 0.3) is 5.56 Å². The number of H-pyrrole nitrogens is 1. The molecule has 0 aliphatic heterocycles. The summed E-state index contributed by atoms with van der Waals surface area (Å²) in [6.45, 7) is 6.21. The van der Waals surface area contributed by atoms with Gasteiger partial charge < -0.3 is 4.98 Å². The van der Waals surface area contributed by atoms with Gasteiger partial charge in [-0.05, 0) is 56.2 Å². The van der Waals surface area contributed by atoms with E-state index in [4.69, 9.17) is 0 Å². The van der Waals surface area contributed by atoms with Crippen LogP contribution in [-0.2, 0) is 0 Å². The number of rotatable bonds is 4. The van der Waals surface area contributed by atoms with Crippen molar-refractivity contribution in [3.63, 3.8) is 0 Å². The van der Waals surface area contributed by atoms with Crippen molar-refractivity contribution in [3.8, 4) is 5.69 Å². The number of aromatic amines is 1. The van der Waals surface area contributed by atoms with Crippen LogP contribution in [-0.4, -0.2) is 19.5 Å². The zero-order chi connectivity index (χ0) is 19.0. The second-order valence-corrected chi connectivity index (χ2v) is 7.96. The van der Waals surface area contributed by atoms with E-state index >= 15 is 0 Å². The predicted octanol–water partition coefficient (Wildman–Crippen LogP) is 4.58. The minimum atomic E-state index is -0.110. The van der Waals surface area contributed by atoms with E-state index in [0.717, 1.165) is 10.8 Å². The van der Waals surface area contributed by atoms with Crippen molar-refractivity contribution in [2.45, 2.75) is 31.2 Å². The lowest BCUT2D eigenvalue weighted by atomic mass is 10.1. The standard InChI is InChI=1S/C21H20N4OS/c1-13-10-14(2)12-16(11-13)25-9-8-22-21(25)27-15(3)19-23-18-7-5-4-6-17(18)20(26)24-19/h4-12,15H,1-3H3,(H,23,24,26)/t15-/m0/s1. The maximum atomic E-state index is 12.3. The average molecular weight is 376 g/mol. The lowest BCUT2D eigenvalue weighted by Gasteiger charge is -2.13. The molecule has 4 rings (SSSR count). The van der Waals surface area contributed by atoms with Crippen LogP contribution in [0.2, 0.25) is 0 Å². The number of hydrogen-bond donors (Lipinski definition) is 1. The Kier molecular flexibility index (Phi) is 4.58. The van der Waals surface area contributed by atoms with E-state index < -0.39 is 0 Å². The summed E-state index contributed by atoms with van der Waals surface area (Å²) >= 11 is 1.57. The second-order valence-electron chi connectivity index (χ2n) is 6.65. The lowest BCUT2D eigenvalue weighted by molar-refractivity contribution is 0.868. The Morgan fingerprint density at radius 1 is 1.11 bits per heavy atom. The first-order chi connectivity index (χ1) is 13.0. The summed E-state index contributed by atoms with van der Waals surface area (Å²) in [5.74, 6) is 0.652. The van der Waals surface area contributed by atoms with Crippen molar-refractivity contribution in [2.24, 2.45) is 0 Å². The van der Waals surface area contributed by atoms with Gasteiger partial charge in [0.2, 0.25) is 0 Å². The van der Waals surface area contributed by atoms with E-state index in [2.05, 4.69) is 51.6 Å². The number of aromatic nitrogens is 4. The smallest absolute Gasteiger partial charge is 0.258 e. The number of fused-ring (bicyclic) bond motifs is 1. The molecule has 0 aliphatic carbocycles. The molecule has 136 valence electrons. The molecule has 0 bridgehead atoms. The molecular formula is C21H20N4OS. The SMILES string of the molecule is Cc1cc(C)cc(-n2ccnc2S[C@@H](C)c2nc3ccccc3c(=O)[nH]2)c1. The van der Waals surface area contributed by atoms with E-state index in [1.807, 2.05) is 31.3 Å². The van der Waals surface area contributed by atoms with Crippen LogP contribution in [0.25, 0.3) is 16.6 Å². The summed E-state index contributed by atoms with van der Waals surface area (Å²) < 4.78 is 2.07. The molecule has 0 radical (unpaired) electrons. The van der Waals surface area contributed by atoms with Crippen molar-refractivity contribution in [2.75, 3.05) is 0 Å². The van der Waals surface area contributed by atoms with Crippen LogP contribution >= 0.6 is 11.8 Å². The van der Waals surface area contributed by atoms with Gasteiger partial charge in [0.05, 0.1) is 16.2 Å². The second kappa shape index (κ2) is 7.04. The van der Waals surface area contributed by atoms with Crippen LogP contribution in [0.5, 0.6) is 0 Å². The number of imidazole rings is 1. The van der Waals surface area contributed by atoms with E-state index in [-0.39, 0.29) is 10.8 Å². The van der Waals surface area contributed by atoms with Gasteiger partial charge in [0.1, 0.15) is 5.82 Å². The van der Waals surface area contributed by atoms with Gasteiger partial charge in [-0.1, -0.05) is 30.0 Å². The molecule has 4 aromatic rings. The molecule has 2 aromatic heterocycles. The van der Waals surface area contributed by atoms with E-state index in [9.17, 15) is 4.79 Å². The van der Waals surface area contributed by atoms with Gasteiger partial charge in [0.15, 0.2) is 5.16 Å². The molecule has 0 spiro atoms. The fraction of sp³-hybridized carbons (Fsp3) is 0.190. The Morgan fingerprint density at radius 2 is 1.85 bits per heavy atom. The Balaban J connectivity index is 1.67. The normalized spacial score (nSPS) is 12.4. The Labute approximate surface area is 161 Å². The van der Waals surface area contributed by atoms with Crippen LogP contribution < -0.4 is 5.56 Å². The van der Waals surface area contributed by atoms with Crippen molar-refractivity contribution in [3.05, 3.63) is 82.2 Å². The zero-order valence-corrected chi connectivity index (χ0v) is 16.2. The molecule has 6 heteroatoms. The van der Waals surface area contributed by atoms with Crippen molar-refractivity contribution in [1.29, 1.82) is 0 Å². The summed E-state index contributed by atoms with van der Waals surface area (Å²) in [7, 11) is 0. The molecule has 2 heterocycles. The van der Waals surface area contributed by atoms with Crippen LogP contribution in [0.4, 0.5) is 0 Å². The highest BCUT2D eigenvalue weighted by Gasteiger charge is 2.16. The molecule has 2 aromatic carbocycles. The first-order valence-corrected chi connectivity index (χ1v) is 9.67. The Morgan fingerprint density at radius 3 is 2.63 bits per heavy atom. The summed E-state index contributed by atoms with van der Waals surface area (Å²) in [5.41, 5.74) is 4.10. The molecule has 0 amide bonds. The van der Waals surface area contributed by atoms with Gasteiger partial charge in [-0.3, -0.25) is 9.36 Å².